The molecule has 152 valence electrons. The average Bonchev–Trinajstić information content (AvgIpc) is 2.70. The van der Waals surface area contributed by atoms with Gasteiger partial charge in [0.1, 0.15) is 0 Å². The van der Waals surface area contributed by atoms with Crippen molar-refractivity contribution in [3.63, 3.8) is 0 Å². The van der Waals surface area contributed by atoms with E-state index in [4.69, 9.17) is 27.9 Å². The highest BCUT2D eigenvalue weighted by Gasteiger charge is 2.34. The number of hydrogen-bond donors (Lipinski definition) is 1. The molecule has 6 nitrogen and oxygen atoms in total. The van der Waals surface area contributed by atoms with Crippen LogP contribution in [-0.4, -0.2) is 41.9 Å². The van der Waals surface area contributed by atoms with E-state index < -0.39 is 23.9 Å². The lowest BCUT2D eigenvalue weighted by atomic mass is 9.98. The van der Waals surface area contributed by atoms with Gasteiger partial charge in [0.15, 0.2) is 6.10 Å². The van der Waals surface area contributed by atoms with Gasteiger partial charge in [-0.05, 0) is 36.2 Å². The Balaban J connectivity index is 1.70. The number of anilines is 1. The Morgan fingerprint density at radius 3 is 2.72 bits per heavy atom. The molecule has 0 aromatic heterocycles. The smallest absolute Gasteiger partial charge is 0.339 e. The molecule has 8 heteroatoms. The first kappa shape index (κ1) is 21.1. The van der Waals surface area contributed by atoms with Gasteiger partial charge in [0.25, 0.3) is 5.91 Å². The summed E-state index contributed by atoms with van der Waals surface area (Å²) in [5.41, 5.74) is 1.59. The monoisotopic (exact) mass is 434 g/mol. The third-order valence-corrected chi connectivity index (χ3v) is 5.07. The Morgan fingerprint density at radius 2 is 1.97 bits per heavy atom. The van der Waals surface area contributed by atoms with Gasteiger partial charge in [-0.3, -0.25) is 9.59 Å². The molecule has 0 radical (unpaired) electrons. The molecular formula is C21H20Cl2N2O4. The molecule has 0 unspecified atom stereocenters. The summed E-state index contributed by atoms with van der Waals surface area (Å²) in [6.07, 6.45) is -0.0248. The minimum atomic E-state index is -0.952. The molecule has 0 spiro atoms. The van der Waals surface area contributed by atoms with Crippen LogP contribution in [0, 0.1) is 0 Å². The van der Waals surface area contributed by atoms with Crippen molar-refractivity contribution >= 4 is 46.7 Å². The molecule has 2 aromatic carbocycles. The Kier molecular flexibility index (Phi) is 6.77. The fourth-order valence-corrected chi connectivity index (χ4v) is 3.50. The zero-order chi connectivity index (χ0) is 21.0. The van der Waals surface area contributed by atoms with E-state index in [1.165, 1.54) is 11.0 Å². The molecule has 1 N–H and O–H groups in total. The van der Waals surface area contributed by atoms with Gasteiger partial charge in [-0.1, -0.05) is 48.3 Å². The molecular weight excluding hydrogens is 415 g/mol. The van der Waals surface area contributed by atoms with Crippen LogP contribution >= 0.6 is 23.2 Å². The number of halogens is 2. The van der Waals surface area contributed by atoms with Crippen LogP contribution in [0.3, 0.4) is 0 Å². The summed E-state index contributed by atoms with van der Waals surface area (Å²) >= 11 is 12.0. The second-order valence-corrected chi connectivity index (χ2v) is 7.53. The minimum Gasteiger partial charge on any atom is -0.448 e. The van der Waals surface area contributed by atoms with Crippen molar-refractivity contribution in [2.45, 2.75) is 25.9 Å². The number of rotatable bonds is 6. The van der Waals surface area contributed by atoms with Crippen molar-refractivity contribution in [1.29, 1.82) is 0 Å². The second-order valence-electron chi connectivity index (χ2n) is 6.69. The zero-order valence-corrected chi connectivity index (χ0v) is 17.3. The molecule has 2 amide bonds. The van der Waals surface area contributed by atoms with E-state index >= 15 is 0 Å². The molecule has 2 aromatic rings. The molecule has 0 bridgehead atoms. The summed E-state index contributed by atoms with van der Waals surface area (Å²) in [6, 6.07) is 11.8. The van der Waals surface area contributed by atoms with Crippen molar-refractivity contribution in [3.05, 3.63) is 63.6 Å². The topological polar surface area (TPSA) is 75.7 Å². The number of hydrogen-bond acceptors (Lipinski definition) is 4. The third-order valence-electron chi connectivity index (χ3n) is 4.51. The predicted molar refractivity (Wildman–Crippen MR) is 111 cm³/mol. The van der Waals surface area contributed by atoms with E-state index in [1.807, 2.05) is 13.0 Å². The second kappa shape index (κ2) is 9.29. The summed E-state index contributed by atoms with van der Waals surface area (Å²) < 4.78 is 5.34. The Hall–Kier alpha value is -2.57. The van der Waals surface area contributed by atoms with Gasteiger partial charge in [-0.2, -0.15) is 0 Å². The van der Waals surface area contributed by atoms with Crippen molar-refractivity contribution in [3.8, 4) is 0 Å². The van der Waals surface area contributed by atoms with E-state index in [2.05, 4.69) is 5.32 Å². The highest BCUT2D eigenvalue weighted by Crippen LogP contribution is 2.25. The van der Waals surface area contributed by atoms with Gasteiger partial charge in [0.2, 0.25) is 5.91 Å². The third kappa shape index (κ3) is 5.08. The molecule has 0 saturated carbocycles. The lowest BCUT2D eigenvalue weighted by Crippen LogP contribution is -2.47. The fraction of sp³-hybridized carbons (Fsp3) is 0.286. The van der Waals surface area contributed by atoms with Crippen molar-refractivity contribution in [1.82, 2.24) is 4.90 Å². The maximum Gasteiger partial charge on any atom is 0.339 e. The van der Waals surface area contributed by atoms with Crippen molar-refractivity contribution in [2.24, 2.45) is 0 Å². The van der Waals surface area contributed by atoms with Crippen LogP contribution in [-0.2, 0) is 20.7 Å². The van der Waals surface area contributed by atoms with Gasteiger partial charge in [0.05, 0.1) is 22.8 Å². The first-order valence-electron chi connectivity index (χ1n) is 9.21. The molecule has 29 heavy (non-hydrogen) atoms. The summed E-state index contributed by atoms with van der Waals surface area (Å²) in [4.78, 5) is 39.1. The van der Waals surface area contributed by atoms with Crippen molar-refractivity contribution < 1.29 is 19.1 Å². The maximum absolute atomic E-state index is 13.0. The van der Waals surface area contributed by atoms with E-state index in [0.29, 0.717) is 34.3 Å². The normalized spacial score (nSPS) is 15.3. The molecule has 3 rings (SSSR count). The summed E-state index contributed by atoms with van der Waals surface area (Å²) in [7, 11) is 0. The Labute approximate surface area is 178 Å². The largest absolute Gasteiger partial charge is 0.448 e. The number of esters is 1. The van der Waals surface area contributed by atoms with Gasteiger partial charge < -0.3 is 15.0 Å². The quantitative estimate of drug-likeness (QED) is 0.698. The van der Waals surface area contributed by atoms with Gasteiger partial charge in [-0.25, -0.2) is 4.79 Å². The van der Waals surface area contributed by atoms with Crippen LogP contribution < -0.4 is 5.32 Å². The van der Waals surface area contributed by atoms with Gasteiger partial charge >= 0.3 is 5.97 Å². The van der Waals surface area contributed by atoms with Gasteiger partial charge in [-0.15, -0.1) is 0 Å². The summed E-state index contributed by atoms with van der Waals surface area (Å²) in [6.45, 7) is 2.06. The van der Waals surface area contributed by atoms with Crippen LogP contribution in [0.4, 0.5) is 5.69 Å². The number of ether oxygens (including phenoxy) is 1. The number of carbonyl (C=O) groups is 3. The van der Waals surface area contributed by atoms with Crippen LogP contribution in [0.5, 0.6) is 0 Å². The maximum atomic E-state index is 13.0. The highest BCUT2D eigenvalue weighted by atomic mass is 35.5. The van der Waals surface area contributed by atoms with Crippen LogP contribution in [0.2, 0.25) is 10.0 Å². The molecule has 1 heterocycles. The molecule has 0 saturated heterocycles. The summed E-state index contributed by atoms with van der Waals surface area (Å²) in [5.74, 6) is -1.35. The van der Waals surface area contributed by atoms with E-state index in [9.17, 15) is 14.4 Å². The lowest BCUT2D eigenvalue weighted by molar-refractivity contribution is -0.143. The van der Waals surface area contributed by atoms with E-state index in [0.717, 1.165) is 5.56 Å². The Morgan fingerprint density at radius 1 is 1.21 bits per heavy atom. The number of amides is 2. The molecule has 1 atom stereocenters. The van der Waals surface area contributed by atoms with Gasteiger partial charge in [0, 0.05) is 18.0 Å². The number of cyclic esters (lactones) is 1. The van der Waals surface area contributed by atoms with Crippen LogP contribution in [0.25, 0.3) is 0 Å². The number of carbonyl (C=O) groups excluding carboxylic acids is 3. The number of nitrogens with zero attached hydrogens (tertiary/aromatic N) is 1. The standard InChI is InChI=1S/C21H20Cl2N2O4/c1-2-9-25(12-19(26)24-17-11-14(22)7-8-16(17)23)20(27)18-10-13-5-3-4-6-15(13)21(28)29-18/h3-8,11,18H,2,9-10,12H2,1H3,(H,24,26)/t18-/m0/s1. The molecule has 1 aliphatic heterocycles. The SMILES string of the molecule is CCCN(CC(=O)Nc1cc(Cl)ccc1Cl)C(=O)[C@@H]1Cc2ccccc2C(=O)O1. The average molecular weight is 435 g/mol. The minimum absolute atomic E-state index is 0.189. The lowest BCUT2D eigenvalue weighted by Gasteiger charge is -2.29. The summed E-state index contributed by atoms with van der Waals surface area (Å²) in [5, 5.41) is 3.44. The molecule has 0 aliphatic carbocycles. The predicted octanol–water partition coefficient (Wildman–Crippen LogP) is 3.95. The molecule has 1 aliphatic rings. The number of benzene rings is 2. The van der Waals surface area contributed by atoms with Crippen molar-refractivity contribution in [2.75, 3.05) is 18.4 Å². The van der Waals surface area contributed by atoms with E-state index in [1.54, 1.807) is 30.3 Å². The van der Waals surface area contributed by atoms with Crippen LogP contribution in [0.1, 0.15) is 29.3 Å². The first-order valence-corrected chi connectivity index (χ1v) is 9.97. The highest BCUT2D eigenvalue weighted by molar-refractivity contribution is 6.35. The molecule has 0 fully saturated rings. The zero-order valence-electron chi connectivity index (χ0n) is 15.8. The number of nitrogens with one attached hydrogen (secondary N) is 1. The van der Waals surface area contributed by atoms with Crippen LogP contribution in [0.15, 0.2) is 42.5 Å². The Bertz CT molecular complexity index is 948. The fourth-order valence-electron chi connectivity index (χ4n) is 3.17. The first-order chi connectivity index (χ1) is 13.9. The van der Waals surface area contributed by atoms with E-state index in [-0.39, 0.29) is 13.0 Å². The number of fused-ring (bicyclic) bond motifs is 1.